The maximum atomic E-state index is 12.9. The van der Waals surface area contributed by atoms with Gasteiger partial charge in [-0.2, -0.15) is 9.40 Å². The fourth-order valence-corrected chi connectivity index (χ4v) is 5.17. The highest BCUT2D eigenvalue weighted by molar-refractivity contribution is 7.89. The normalized spacial score (nSPS) is 20.6. The molecule has 1 aliphatic heterocycles. The lowest BCUT2D eigenvalue weighted by Gasteiger charge is -2.38. The molecular formula is C14H23ClN4O3S. The second-order valence-corrected chi connectivity index (χ2v) is 8.48. The summed E-state index contributed by atoms with van der Waals surface area (Å²) in [6.45, 7) is 8.54. The Kier molecular flexibility index (Phi) is 5.08. The van der Waals surface area contributed by atoms with Crippen molar-refractivity contribution in [2.24, 2.45) is 13.0 Å². The number of aromatic nitrogens is 2. The van der Waals surface area contributed by atoms with Crippen LogP contribution in [0.1, 0.15) is 26.5 Å². The number of sulfonamides is 1. The molecular weight excluding hydrogens is 340 g/mol. The molecule has 2 heterocycles. The number of hydrogen-bond donors (Lipinski definition) is 0. The average Bonchev–Trinajstić information content (AvgIpc) is 2.68. The van der Waals surface area contributed by atoms with E-state index in [1.807, 2.05) is 13.8 Å². The zero-order valence-electron chi connectivity index (χ0n) is 14.1. The second kappa shape index (κ2) is 6.41. The van der Waals surface area contributed by atoms with Gasteiger partial charge in [0.15, 0.2) is 0 Å². The summed E-state index contributed by atoms with van der Waals surface area (Å²) in [5.41, 5.74) is 0.335. The van der Waals surface area contributed by atoms with Gasteiger partial charge in [0, 0.05) is 26.7 Å². The maximum Gasteiger partial charge on any atom is 0.248 e. The monoisotopic (exact) mass is 362 g/mol. The van der Waals surface area contributed by atoms with Crippen molar-refractivity contribution in [2.45, 2.75) is 38.6 Å². The van der Waals surface area contributed by atoms with Crippen molar-refractivity contribution < 1.29 is 13.2 Å². The summed E-state index contributed by atoms with van der Waals surface area (Å²) >= 11 is 6.10. The Labute approximate surface area is 142 Å². The van der Waals surface area contributed by atoms with Gasteiger partial charge in [-0.05, 0) is 19.8 Å². The predicted molar refractivity (Wildman–Crippen MR) is 87.7 cm³/mol. The van der Waals surface area contributed by atoms with Gasteiger partial charge in [0.05, 0.1) is 5.69 Å². The highest BCUT2D eigenvalue weighted by Gasteiger charge is 2.41. The number of aryl methyl sites for hydroxylation is 2. The van der Waals surface area contributed by atoms with E-state index in [2.05, 4.69) is 5.10 Å². The molecule has 1 fully saturated rings. The number of nitrogens with zero attached hydrogens (tertiary/aromatic N) is 4. The van der Waals surface area contributed by atoms with Crippen LogP contribution in [0.3, 0.4) is 0 Å². The molecule has 130 valence electrons. The van der Waals surface area contributed by atoms with Crippen LogP contribution in [-0.4, -0.2) is 59.0 Å². The lowest BCUT2D eigenvalue weighted by atomic mass is 10.1. The molecule has 1 amide bonds. The van der Waals surface area contributed by atoms with Crippen molar-refractivity contribution in [1.82, 2.24) is 19.0 Å². The van der Waals surface area contributed by atoms with Crippen LogP contribution in [-0.2, 0) is 21.9 Å². The van der Waals surface area contributed by atoms with Gasteiger partial charge in [-0.1, -0.05) is 25.4 Å². The Morgan fingerprint density at radius 2 is 1.96 bits per heavy atom. The summed E-state index contributed by atoms with van der Waals surface area (Å²) in [5.74, 6) is 0.163. The molecule has 1 unspecified atom stereocenters. The van der Waals surface area contributed by atoms with Crippen molar-refractivity contribution in [1.29, 1.82) is 0 Å². The second-order valence-electron chi connectivity index (χ2n) is 6.30. The molecule has 1 aliphatic rings. The Balaban J connectivity index is 2.34. The Morgan fingerprint density at radius 3 is 2.43 bits per heavy atom. The lowest BCUT2D eigenvalue weighted by molar-refractivity contribution is -0.138. The van der Waals surface area contributed by atoms with Gasteiger partial charge in [-0.3, -0.25) is 9.48 Å². The number of piperazine rings is 1. The van der Waals surface area contributed by atoms with E-state index in [1.165, 1.54) is 8.99 Å². The molecule has 1 aromatic heterocycles. The number of halogens is 1. The number of carbonyl (C=O) groups excluding carboxylic acids is 1. The first-order valence-electron chi connectivity index (χ1n) is 7.57. The molecule has 2 rings (SSSR count). The number of amides is 1. The van der Waals surface area contributed by atoms with E-state index in [9.17, 15) is 13.2 Å². The van der Waals surface area contributed by atoms with Crippen LogP contribution in [0.2, 0.25) is 5.15 Å². The number of carbonyl (C=O) groups is 1. The van der Waals surface area contributed by atoms with Gasteiger partial charge in [-0.15, -0.1) is 0 Å². The minimum absolute atomic E-state index is 0.0152. The first-order valence-corrected chi connectivity index (χ1v) is 9.39. The average molecular weight is 363 g/mol. The number of rotatable bonds is 4. The first kappa shape index (κ1) is 18.2. The molecule has 7 nitrogen and oxygen atoms in total. The maximum absolute atomic E-state index is 12.9. The van der Waals surface area contributed by atoms with E-state index < -0.39 is 16.1 Å². The fourth-order valence-electron chi connectivity index (χ4n) is 2.88. The quantitative estimate of drug-likeness (QED) is 0.808. The van der Waals surface area contributed by atoms with Crippen molar-refractivity contribution >= 4 is 27.5 Å². The summed E-state index contributed by atoms with van der Waals surface area (Å²) in [4.78, 5) is 14.2. The summed E-state index contributed by atoms with van der Waals surface area (Å²) in [6.07, 6.45) is 0. The van der Waals surface area contributed by atoms with E-state index in [-0.39, 0.29) is 22.5 Å². The molecule has 0 aromatic carbocycles. The molecule has 1 aromatic rings. The minimum atomic E-state index is -3.87. The zero-order chi connectivity index (χ0) is 17.5. The highest BCUT2D eigenvalue weighted by atomic mass is 35.5. The molecule has 1 atom stereocenters. The van der Waals surface area contributed by atoms with Crippen molar-refractivity contribution in [2.75, 3.05) is 19.6 Å². The Hall–Kier alpha value is -1.12. The van der Waals surface area contributed by atoms with Crippen LogP contribution in [0.5, 0.6) is 0 Å². The highest BCUT2D eigenvalue weighted by Crippen LogP contribution is 2.30. The van der Waals surface area contributed by atoms with Crippen molar-refractivity contribution in [3.63, 3.8) is 0 Å². The minimum Gasteiger partial charge on any atom is -0.340 e. The molecule has 0 bridgehead atoms. The van der Waals surface area contributed by atoms with Crippen LogP contribution in [0.15, 0.2) is 4.90 Å². The van der Waals surface area contributed by atoms with Crippen LogP contribution < -0.4 is 0 Å². The lowest BCUT2D eigenvalue weighted by Crippen LogP contribution is -2.58. The van der Waals surface area contributed by atoms with E-state index in [1.54, 1.807) is 25.8 Å². The molecule has 0 saturated carbocycles. The molecule has 23 heavy (non-hydrogen) atoms. The zero-order valence-corrected chi connectivity index (χ0v) is 15.6. The standard InChI is InChI=1S/C14H23ClN4O3S/c1-9(2)8-18-6-7-19(11(4)14(18)20)23(21,22)12-10(3)16-17(5)13(12)15/h9,11H,6-8H2,1-5H3. The van der Waals surface area contributed by atoms with Gasteiger partial charge in [0.25, 0.3) is 0 Å². The summed E-state index contributed by atoms with van der Waals surface area (Å²) in [5, 5.41) is 4.12. The molecule has 9 heteroatoms. The van der Waals surface area contributed by atoms with Crippen LogP contribution in [0.25, 0.3) is 0 Å². The Morgan fingerprint density at radius 1 is 1.35 bits per heavy atom. The van der Waals surface area contributed by atoms with Crippen molar-refractivity contribution in [3.05, 3.63) is 10.8 Å². The van der Waals surface area contributed by atoms with Crippen LogP contribution >= 0.6 is 11.6 Å². The topological polar surface area (TPSA) is 75.5 Å². The molecule has 0 aliphatic carbocycles. The van der Waals surface area contributed by atoms with Crippen molar-refractivity contribution in [3.8, 4) is 0 Å². The molecule has 1 saturated heterocycles. The summed E-state index contributed by atoms with van der Waals surface area (Å²) < 4.78 is 28.4. The van der Waals surface area contributed by atoms with Gasteiger partial charge < -0.3 is 4.90 Å². The number of hydrogen-bond acceptors (Lipinski definition) is 4. The predicted octanol–water partition coefficient (Wildman–Crippen LogP) is 1.26. The SMILES string of the molecule is Cc1nn(C)c(Cl)c1S(=O)(=O)N1CCN(CC(C)C)C(=O)C1C. The largest absolute Gasteiger partial charge is 0.340 e. The van der Waals surface area contributed by atoms with E-state index in [0.717, 1.165) is 0 Å². The van der Waals surface area contributed by atoms with Gasteiger partial charge in [0.2, 0.25) is 15.9 Å². The van der Waals surface area contributed by atoms with E-state index in [4.69, 9.17) is 11.6 Å². The third-order valence-electron chi connectivity index (χ3n) is 3.94. The van der Waals surface area contributed by atoms with Crippen LogP contribution in [0, 0.1) is 12.8 Å². The molecule has 0 radical (unpaired) electrons. The van der Waals surface area contributed by atoms with Gasteiger partial charge >= 0.3 is 0 Å². The smallest absolute Gasteiger partial charge is 0.248 e. The van der Waals surface area contributed by atoms with E-state index in [0.29, 0.717) is 24.7 Å². The van der Waals surface area contributed by atoms with Crippen LogP contribution in [0.4, 0.5) is 0 Å². The first-order chi connectivity index (χ1) is 10.6. The molecule has 0 N–H and O–H groups in total. The van der Waals surface area contributed by atoms with E-state index >= 15 is 0 Å². The summed E-state index contributed by atoms with van der Waals surface area (Å²) in [6, 6.07) is -0.747. The fraction of sp³-hybridized carbons (Fsp3) is 0.714. The third kappa shape index (κ3) is 3.25. The summed E-state index contributed by atoms with van der Waals surface area (Å²) in [7, 11) is -2.28. The third-order valence-corrected chi connectivity index (χ3v) is 6.61. The van der Waals surface area contributed by atoms with Gasteiger partial charge in [-0.25, -0.2) is 8.42 Å². The Bertz CT molecular complexity index is 714. The molecule has 0 spiro atoms. The van der Waals surface area contributed by atoms with Gasteiger partial charge in [0.1, 0.15) is 16.1 Å².